The average Bonchev–Trinajstić information content (AvgIpc) is 3.26. The van der Waals surface area contributed by atoms with E-state index in [1.807, 2.05) is 0 Å². The van der Waals surface area contributed by atoms with Gasteiger partial charge in [-0.05, 0) is 153 Å². The standard InChI is InChI=1S/C56H30/c1-4-17-35-31(13-1)29-32-14-2-5-18-36(32)48(35)49-39-20-7-8-21-41(39)52-50-40(25-12-26-46(49)50)45-28-27-44-38-24-11-16-34-30-33-15-3-6-19-37(33)51(47(34)38)53-42-22-9-10-23-43(42)54(52)56(45)55(44)53/h1-30H. The molecule has 0 atom stereocenters. The van der Waals surface area contributed by atoms with E-state index >= 15 is 0 Å². The Hall–Kier alpha value is -7.28. The van der Waals surface area contributed by atoms with Gasteiger partial charge in [-0.25, -0.2) is 0 Å². The maximum Gasteiger partial charge on any atom is -0.000717 e. The first-order chi connectivity index (χ1) is 27.8. The van der Waals surface area contributed by atoms with Crippen molar-refractivity contribution in [3.05, 3.63) is 182 Å². The summed E-state index contributed by atoms with van der Waals surface area (Å²) in [5.41, 5.74) is 2.63. The normalized spacial score (nSPS) is 12.6. The van der Waals surface area contributed by atoms with Crippen LogP contribution < -0.4 is 0 Å². The molecule has 0 aromatic heterocycles. The summed E-state index contributed by atoms with van der Waals surface area (Å²) in [6, 6.07) is 68.9. The van der Waals surface area contributed by atoms with Gasteiger partial charge in [-0.15, -0.1) is 0 Å². The van der Waals surface area contributed by atoms with Crippen LogP contribution in [0.4, 0.5) is 0 Å². The second kappa shape index (κ2) is 10.3. The Kier molecular flexibility index (Phi) is 5.34. The maximum atomic E-state index is 2.44. The first-order valence-corrected chi connectivity index (χ1v) is 19.7. The molecule has 0 saturated heterocycles. The van der Waals surface area contributed by atoms with Gasteiger partial charge in [0.15, 0.2) is 0 Å². The molecule has 14 aromatic rings. The molecule has 0 bridgehead atoms. The Labute approximate surface area is 321 Å². The summed E-state index contributed by atoms with van der Waals surface area (Å²) in [6.07, 6.45) is 0. The fourth-order valence-corrected chi connectivity index (χ4v) is 11.2. The number of benzene rings is 14. The van der Waals surface area contributed by atoms with Crippen LogP contribution in [-0.4, -0.2) is 0 Å². The highest BCUT2D eigenvalue weighted by Crippen LogP contribution is 2.55. The summed E-state index contributed by atoms with van der Waals surface area (Å²) in [5.74, 6) is 0. The van der Waals surface area contributed by atoms with Crippen LogP contribution >= 0.6 is 0 Å². The molecule has 0 heterocycles. The molecule has 0 unspecified atom stereocenters. The molecule has 0 nitrogen and oxygen atoms in total. The SMILES string of the molecule is c1ccc2c(-c3c4ccccc4c4c5c3cccc5c3ccc5c6cccc7cc8ccccc8c(c76)c6c7ccccc7c4c3c56)c3ccccc3cc2c1. The molecule has 0 amide bonds. The summed E-state index contributed by atoms with van der Waals surface area (Å²) < 4.78 is 0. The van der Waals surface area contributed by atoms with Gasteiger partial charge >= 0.3 is 0 Å². The maximum absolute atomic E-state index is 2.44. The summed E-state index contributed by atoms with van der Waals surface area (Å²) in [4.78, 5) is 0. The van der Waals surface area contributed by atoms with Crippen molar-refractivity contribution in [3.63, 3.8) is 0 Å². The molecule has 0 aliphatic heterocycles. The van der Waals surface area contributed by atoms with Gasteiger partial charge in [0.2, 0.25) is 0 Å². The molecule has 56 heavy (non-hydrogen) atoms. The van der Waals surface area contributed by atoms with Gasteiger partial charge in [0.1, 0.15) is 0 Å². The predicted octanol–water partition coefficient (Wildman–Crippen LogP) is 16.1. The number of fused-ring (bicyclic) bond motifs is 13. The Morgan fingerprint density at radius 2 is 0.464 bits per heavy atom. The third kappa shape index (κ3) is 3.43. The van der Waals surface area contributed by atoms with E-state index < -0.39 is 0 Å². The van der Waals surface area contributed by atoms with Crippen molar-refractivity contribution in [1.82, 2.24) is 0 Å². The average molecular weight is 703 g/mol. The minimum absolute atomic E-state index is 1.27. The van der Waals surface area contributed by atoms with Crippen molar-refractivity contribution < 1.29 is 0 Å². The van der Waals surface area contributed by atoms with E-state index in [0.29, 0.717) is 0 Å². The Morgan fingerprint density at radius 1 is 0.161 bits per heavy atom. The summed E-state index contributed by atoms with van der Waals surface area (Å²) >= 11 is 0. The van der Waals surface area contributed by atoms with Crippen LogP contribution in [0.2, 0.25) is 0 Å². The molecule has 0 radical (unpaired) electrons. The molecule has 0 N–H and O–H groups in total. The van der Waals surface area contributed by atoms with Crippen LogP contribution in [0.15, 0.2) is 182 Å². The smallest absolute Gasteiger partial charge is 0.000717 e. The largest absolute Gasteiger partial charge is 0.0616 e. The predicted molar refractivity (Wildman–Crippen MR) is 244 cm³/mol. The lowest BCUT2D eigenvalue weighted by atomic mass is 9.78. The molecule has 254 valence electrons. The first-order valence-electron chi connectivity index (χ1n) is 19.7. The second-order valence-corrected chi connectivity index (χ2v) is 15.8. The lowest BCUT2D eigenvalue weighted by molar-refractivity contribution is 1.74. The zero-order chi connectivity index (χ0) is 36.2. The van der Waals surface area contributed by atoms with Crippen LogP contribution in [0.3, 0.4) is 0 Å². The van der Waals surface area contributed by atoms with Crippen molar-refractivity contribution in [2.75, 3.05) is 0 Å². The zero-order valence-corrected chi connectivity index (χ0v) is 30.3. The fraction of sp³-hybridized carbons (Fsp3) is 0. The molecule has 0 aliphatic carbocycles. The van der Waals surface area contributed by atoms with Crippen LogP contribution in [0.5, 0.6) is 0 Å². The van der Waals surface area contributed by atoms with E-state index in [9.17, 15) is 0 Å². The molecule has 0 aliphatic rings. The molecule has 0 saturated carbocycles. The molecule has 0 fully saturated rings. The third-order valence-electron chi connectivity index (χ3n) is 13.2. The van der Waals surface area contributed by atoms with Gasteiger partial charge in [0, 0.05) is 0 Å². The first kappa shape index (κ1) is 29.1. The van der Waals surface area contributed by atoms with E-state index in [0.717, 1.165) is 0 Å². The minimum atomic E-state index is 1.27. The van der Waals surface area contributed by atoms with Gasteiger partial charge < -0.3 is 0 Å². The van der Waals surface area contributed by atoms with Crippen LogP contribution in [0, 0.1) is 0 Å². The Morgan fingerprint density at radius 3 is 1.07 bits per heavy atom. The molecule has 14 aromatic carbocycles. The molecule has 0 spiro atoms. The van der Waals surface area contributed by atoms with Gasteiger partial charge in [-0.1, -0.05) is 170 Å². The van der Waals surface area contributed by atoms with Crippen LogP contribution in [0.1, 0.15) is 0 Å². The molecular weight excluding hydrogens is 673 g/mol. The quantitative estimate of drug-likeness (QED) is 0.118. The van der Waals surface area contributed by atoms with Crippen molar-refractivity contribution in [3.8, 4) is 11.1 Å². The van der Waals surface area contributed by atoms with Crippen LogP contribution in [0.25, 0.3) is 140 Å². The summed E-state index contributed by atoms with van der Waals surface area (Å²) in [7, 11) is 0. The number of rotatable bonds is 1. The van der Waals surface area contributed by atoms with E-state index in [1.54, 1.807) is 0 Å². The fourth-order valence-electron chi connectivity index (χ4n) is 11.2. The van der Waals surface area contributed by atoms with Crippen LogP contribution in [-0.2, 0) is 0 Å². The summed E-state index contributed by atoms with van der Waals surface area (Å²) in [5, 5.41) is 31.8. The number of hydrogen-bond donors (Lipinski definition) is 0. The lowest BCUT2D eigenvalue weighted by Gasteiger charge is -2.25. The van der Waals surface area contributed by atoms with Gasteiger partial charge in [-0.2, -0.15) is 0 Å². The topological polar surface area (TPSA) is 0 Å². The minimum Gasteiger partial charge on any atom is -0.0616 e. The highest BCUT2D eigenvalue weighted by atomic mass is 14.3. The summed E-state index contributed by atoms with van der Waals surface area (Å²) in [6.45, 7) is 0. The van der Waals surface area contributed by atoms with Crippen molar-refractivity contribution >= 4 is 129 Å². The van der Waals surface area contributed by atoms with Gasteiger partial charge in [0.05, 0.1) is 0 Å². The Bertz CT molecular complexity index is 3980. The number of hydrogen-bond acceptors (Lipinski definition) is 0. The van der Waals surface area contributed by atoms with E-state index in [4.69, 9.17) is 0 Å². The van der Waals surface area contributed by atoms with Gasteiger partial charge in [-0.3, -0.25) is 0 Å². The molecule has 0 heteroatoms. The highest BCUT2D eigenvalue weighted by molar-refractivity contribution is 6.52. The second-order valence-electron chi connectivity index (χ2n) is 15.8. The van der Waals surface area contributed by atoms with E-state index in [2.05, 4.69) is 182 Å². The highest BCUT2D eigenvalue weighted by Gasteiger charge is 2.26. The van der Waals surface area contributed by atoms with Crippen molar-refractivity contribution in [2.24, 2.45) is 0 Å². The van der Waals surface area contributed by atoms with E-state index in [-0.39, 0.29) is 0 Å². The zero-order valence-electron chi connectivity index (χ0n) is 30.3. The lowest BCUT2D eigenvalue weighted by Crippen LogP contribution is -1.96. The molecular formula is C56H30. The van der Waals surface area contributed by atoms with E-state index in [1.165, 1.54) is 140 Å². The third-order valence-corrected chi connectivity index (χ3v) is 13.2. The van der Waals surface area contributed by atoms with Gasteiger partial charge in [0.25, 0.3) is 0 Å². The Balaban J connectivity index is 1.32. The van der Waals surface area contributed by atoms with Crippen molar-refractivity contribution in [1.29, 1.82) is 0 Å². The monoisotopic (exact) mass is 702 g/mol. The van der Waals surface area contributed by atoms with Crippen molar-refractivity contribution in [2.45, 2.75) is 0 Å². The molecule has 14 rings (SSSR count).